The number of phenolic OH excluding ortho intramolecular Hbond substituents is 1. The summed E-state index contributed by atoms with van der Waals surface area (Å²) in [6.07, 6.45) is 7.52. The van der Waals surface area contributed by atoms with Crippen molar-refractivity contribution in [1.82, 2.24) is 0 Å². The molecule has 0 heterocycles. The Kier molecular flexibility index (Phi) is 2.69. The van der Waals surface area contributed by atoms with E-state index in [0.717, 1.165) is 18.3 Å². The second kappa shape index (κ2) is 4.24. The quantitative estimate of drug-likeness (QED) is 0.757. The highest BCUT2D eigenvalue weighted by molar-refractivity contribution is 5.40. The van der Waals surface area contributed by atoms with Crippen molar-refractivity contribution in [1.29, 1.82) is 0 Å². The summed E-state index contributed by atoms with van der Waals surface area (Å²) in [5.74, 6) is 2.77. The van der Waals surface area contributed by atoms with Gasteiger partial charge in [-0.15, -0.1) is 0 Å². The van der Waals surface area contributed by atoms with Gasteiger partial charge in [-0.1, -0.05) is 13.0 Å². The third-order valence-corrected chi connectivity index (χ3v) is 6.78. The molecule has 2 heteroatoms. The maximum atomic E-state index is 9.69. The maximum absolute atomic E-state index is 9.69. The lowest BCUT2D eigenvalue weighted by molar-refractivity contribution is 0.0496. The number of hydrogen-bond acceptors (Lipinski definition) is 2. The molecule has 1 aromatic carbocycles. The molecule has 108 valence electrons. The summed E-state index contributed by atoms with van der Waals surface area (Å²) in [6.45, 7) is 2.44. The normalized spacial score (nSPS) is 42.7. The van der Waals surface area contributed by atoms with Gasteiger partial charge in [0, 0.05) is 6.04 Å². The largest absolute Gasteiger partial charge is 0.508 e. The molecule has 2 nitrogen and oxygen atoms in total. The molecule has 20 heavy (non-hydrogen) atoms. The van der Waals surface area contributed by atoms with Gasteiger partial charge in [0.15, 0.2) is 0 Å². The number of phenols is 1. The number of rotatable bonds is 0. The Morgan fingerprint density at radius 2 is 2.05 bits per heavy atom. The molecular weight excluding hydrogens is 246 g/mol. The minimum absolute atomic E-state index is 0.385. The second-order valence-electron chi connectivity index (χ2n) is 7.53. The van der Waals surface area contributed by atoms with E-state index in [1.54, 1.807) is 0 Å². The highest BCUT2D eigenvalue weighted by Crippen LogP contribution is 2.60. The Bertz CT molecular complexity index is 540. The topological polar surface area (TPSA) is 46.2 Å². The van der Waals surface area contributed by atoms with Crippen molar-refractivity contribution in [3.63, 3.8) is 0 Å². The Morgan fingerprint density at radius 1 is 1.20 bits per heavy atom. The van der Waals surface area contributed by atoms with Crippen molar-refractivity contribution >= 4 is 0 Å². The molecule has 3 N–H and O–H groups in total. The zero-order valence-corrected chi connectivity index (χ0v) is 12.3. The van der Waals surface area contributed by atoms with Gasteiger partial charge in [-0.3, -0.25) is 0 Å². The molecule has 1 aromatic rings. The van der Waals surface area contributed by atoms with Gasteiger partial charge < -0.3 is 10.8 Å². The zero-order valence-electron chi connectivity index (χ0n) is 12.3. The summed E-state index contributed by atoms with van der Waals surface area (Å²) in [4.78, 5) is 0. The summed E-state index contributed by atoms with van der Waals surface area (Å²) in [5, 5.41) is 9.69. The summed E-state index contributed by atoms with van der Waals surface area (Å²) in [6, 6.07) is 6.45. The summed E-state index contributed by atoms with van der Waals surface area (Å²) in [7, 11) is 0. The van der Waals surface area contributed by atoms with Crippen LogP contribution in [0.2, 0.25) is 0 Å². The highest BCUT2D eigenvalue weighted by atomic mass is 16.3. The molecule has 0 amide bonds. The van der Waals surface area contributed by atoms with Crippen LogP contribution < -0.4 is 5.73 Å². The highest BCUT2D eigenvalue weighted by Gasteiger charge is 2.53. The number of aryl methyl sites for hydroxylation is 1. The lowest BCUT2D eigenvalue weighted by Crippen LogP contribution is -2.46. The minimum atomic E-state index is 0.385. The summed E-state index contributed by atoms with van der Waals surface area (Å²) in [5.41, 5.74) is 9.71. The Morgan fingerprint density at radius 3 is 2.90 bits per heavy atom. The molecule has 0 radical (unpaired) electrons. The predicted molar refractivity (Wildman–Crippen MR) is 80.7 cm³/mol. The number of fused-ring (bicyclic) bond motifs is 5. The Balaban J connectivity index is 1.71. The summed E-state index contributed by atoms with van der Waals surface area (Å²) < 4.78 is 0. The zero-order chi connectivity index (χ0) is 13.9. The van der Waals surface area contributed by atoms with Gasteiger partial charge in [0.05, 0.1) is 0 Å². The van der Waals surface area contributed by atoms with Gasteiger partial charge in [-0.25, -0.2) is 0 Å². The van der Waals surface area contributed by atoms with Crippen molar-refractivity contribution in [2.75, 3.05) is 0 Å². The van der Waals surface area contributed by atoms with E-state index in [2.05, 4.69) is 13.0 Å². The molecule has 0 bridgehead atoms. The fourth-order valence-electron chi connectivity index (χ4n) is 5.61. The third kappa shape index (κ3) is 1.60. The maximum Gasteiger partial charge on any atom is 0.115 e. The van der Waals surface area contributed by atoms with Crippen LogP contribution in [0.25, 0.3) is 0 Å². The average Bonchev–Trinajstić information content (AvgIpc) is 2.74. The van der Waals surface area contributed by atoms with Gasteiger partial charge in [0.2, 0.25) is 0 Å². The van der Waals surface area contributed by atoms with Crippen LogP contribution in [0.15, 0.2) is 18.2 Å². The first-order chi connectivity index (χ1) is 9.59. The first-order valence-electron chi connectivity index (χ1n) is 8.17. The van der Waals surface area contributed by atoms with Crippen LogP contribution >= 0.6 is 0 Å². The lowest BCUT2D eigenvalue weighted by Gasteiger charge is -2.50. The van der Waals surface area contributed by atoms with Gasteiger partial charge in [-0.2, -0.15) is 0 Å². The molecule has 0 aromatic heterocycles. The van der Waals surface area contributed by atoms with Crippen molar-refractivity contribution < 1.29 is 5.11 Å². The number of aromatic hydroxyl groups is 1. The molecule has 4 rings (SSSR count). The van der Waals surface area contributed by atoms with E-state index in [1.165, 1.54) is 43.2 Å². The molecule has 2 saturated carbocycles. The van der Waals surface area contributed by atoms with Gasteiger partial charge in [-0.05, 0) is 85.0 Å². The van der Waals surface area contributed by atoms with Gasteiger partial charge in [0.1, 0.15) is 5.75 Å². The van der Waals surface area contributed by atoms with Crippen molar-refractivity contribution in [3.8, 4) is 5.75 Å². The predicted octanol–water partition coefficient (Wildman–Crippen LogP) is 3.58. The van der Waals surface area contributed by atoms with Crippen molar-refractivity contribution in [2.45, 2.75) is 57.4 Å². The molecule has 0 spiro atoms. The average molecular weight is 271 g/mol. The fourth-order valence-corrected chi connectivity index (χ4v) is 5.61. The Labute approximate surface area is 121 Å². The van der Waals surface area contributed by atoms with Crippen LogP contribution in [0, 0.1) is 17.3 Å². The van der Waals surface area contributed by atoms with Crippen molar-refractivity contribution in [3.05, 3.63) is 29.3 Å². The number of benzene rings is 1. The molecule has 3 aliphatic carbocycles. The van der Waals surface area contributed by atoms with E-state index in [4.69, 9.17) is 5.73 Å². The second-order valence-corrected chi connectivity index (χ2v) is 7.53. The molecule has 0 aliphatic heterocycles. The molecule has 2 fully saturated rings. The lowest BCUT2D eigenvalue weighted by atomic mass is 9.55. The van der Waals surface area contributed by atoms with E-state index in [-0.39, 0.29) is 0 Å². The molecule has 5 atom stereocenters. The van der Waals surface area contributed by atoms with Gasteiger partial charge in [0.25, 0.3) is 0 Å². The van der Waals surface area contributed by atoms with Gasteiger partial charge >= 0.3 is 0 Å². The standard InChI is InChI=1S/C18H25NO/c1-18-9-8-14-13-5-3-12(20)10-11(13)2-4-15(14)16(18)6-7-17(18)19/h3,5,10,14-17,20H,2,4,6-9,19H2,1H3/t14?,15?,16?,17-,18?/m0/s1. The number of nitrogens with two attached hydrogens (primary N) is 1. The SMILES string of the molecule is CC12CCC3c4ccc(O)cc4CCC3C1CC[C@@H]2N. The molecule has 3 aliphatic rings. The third-order valence-electron chi connectivity index (χ3n) is 6.78. The van der Waals surface area contributed by atoms with Crippen LogP contribution in [0.1, 0.15) is 56.1 Å². The Hall–Kier alpha value is -1.02. The molecular formula is C18H25NO. The van der Waals surface area contributed by atoms with Crippen LogP contribution in [0.4, 0.5) is 0 Å². The van der Waals surface area contributed by atoms with Crippen LogP contribution in [-0.4, -0.2) is 11.1 Å². The van der Waals surface area contributed by atoms with E-state index in [1.807, 2.05) is 12.1 Å². The smallest absolute Gasteiger partial charge is 0.115 e. The molecule has 0 saturated heterocycles. The number of hydrogen-bond donors (Lipinski definition) is 2. The first kappa shape index (κ1) is 12.7. The van der Waals surface area contributed by atoms with Crippen LogP contribution in [-0.2, 0) is 6.42 Å². The van der Waals surface area contributed by atoms with E-state index in [9.17, 15) is 5.11 Å². The van der Waals surface area contributed by atoms with Crippen molar-refractivity contribution in [2.24, 2.45) is 23.0 Å². The fraction of sp³-hybridized carbons (Fsp3) is 0.667. The monoisotopic (exact) mass is 271 g/mol. The minimum Gasteiger partial charge on any atom is -0.508 e. The first-order valence-corrected chi connectivity index (χ1v) is 8.17. The van der Waals surface area contributed by atoms with E-state index < -0.39 is 0 Å². The molecule has 4 unspecified atom stereocenters. The summed E-state index contributed by atoms with van der Waals surface area (Å²) >= 11 is 0. The van der Waals surface area contributed by atoms with Crippen LogP contribution in [0.5, 0.6) is 5.75 Å². The van der Waals surface area contributed by atoms with E-state index in [0.29, 0.717) is 23.1 Å². The van der Waals surface area contributed by atoms with Crippen LogP contribution in [0.3, 0.4) is 0 Å². The van der Waals surface area contributed by atoms with E-state index >= 15 is 0 Å².